The molecular weight excluding hydrogens is 360 g/mol. The van der Waals surface area contributed by atoms with E-state index in [1.165, 1.54) is 18.2 Å². The van der Waals surface area contributed by atoms with E-state index in [0.717, 1.165) is 5.56 Å². The van der Waals surface area contributed by atoms with Crippen LogP contribution in [0.1, 0.15) is 11.1 Å². The van der Waals surface area contributed by atoms with E-state index in [9.17, 15) is 20.2 Å². The Morgan fingerprint density at radius 3 is 2.61 bits per heavy atom. The summed E-state index contributed by atoms with van der Waals surface area (Å²) >= 11 is 0. The SMILES string of the molecule is N#Cc1cc([N+](=O)[O-])ccc1NC(Cc1ccccc1)C(=O)N1CCOCC1. The van der Waals surface area contributed by atoms with Crippen LogP contribution in [-0.4, -0.2) is 48.1 Å². The first-order valence-electron chi connectivity index (χ1n) is 8.94. The number of hydrogen-bond donors (Lipinski definition) is 1. The van der Waals surface area contributed by atoms with Crippen molar-refractivity contribution in [2.24, 2.45) is 0 Å². The number of carbonyl (C=O) groups is 1. The van der Waals surface area contributed by atoms with Crippen molar-refractivity contribution >= 4 is 17.3 Å². The van der Waals surface area contributed by atoms with E-state index in [2.05, 4.69) is 5.32 Å². The monoisotopic (exact) mass is 380 g/mol. The van der Waals surface area contributed by atoms with E-state index >= 15 is 0 Å². The fourth-order valence-corrected chi connectivity index (χ4v) is 3.11. The maximum atomic E-state index is 13.1. The molecule has 1 amide bonds. The molecule has 1 saturated heterocycles. The predicted octanol–water partition coefficient (Wildman–Crippen LogP) is 2.35. The summed E-state index contributed by atoms with van der Waals surface area (Å²) in [5.74, 6) is -0.0885. The van der Waals surface area contributed by atoms with Gasteiger partial charge in [0, 0.05) is 31.6 Å². The van der Waals surface area contributed by atoms with E-state index in [-0.39, 0.29) is 17.2 Å². The topological polar surface area (TPSA) is 108 Å². The fraction of sp³-hybridized carbons (Fsp3) is 0.300. The van der Waals surface area contributed by atoms with Crippen LogP contribution >= 0.6 is 0 Å². The number of amides is 1. The van der Waals surface area contributed by atoms with Gasteiger partial charge in [-0.2, -0.15) is 5.26 Å². The predicted molar refractivity (Wildman–Crippen MR) is 103 cm³/mol. The zero-order valence-electron chi connectivity index (χ0n) is 15.2. The standard InChI is InChI=1S/C20H20N4O4/c21-14-16-13-17(24(26)27)6-7-18(16)22-19(12-15-4-2-1-3-5-15)20(25)23-8-10-28-11-9-23/h1-7,13,19,22H,8-12H2. The van der Waals surface area contributed by atoms with Crippen molar-refractivity contribution in [3.8, 4) is 6.07 Å². The minimum absolute atomic E-state index is 0.0885. The lowest BCUT2D eigenvalue weighted by Gasteiger charge is -2.31. The molecule has 1 heterocycles. The van der Waals surface area contributed by atoms with E-state index in [1.54, 1.807) is 4.90 Å². The van der Waals surface area contributed by atoms with E-state index < -0.39 is 11.0 Å². The number of carbonyl (C=O) groups excluding carboxylic acids is 1. The normalized spacial score (nSPS) is 14.8. The van der Waals surface area contributed by atoms with E-state index in [1.807, 2.05) is 36.4 Å². The largest absolute Gasteiger partial charge is 0.378 e. The summed E-state index contributed by atoms with van der Waals surface area (Å²) in [6.45, 7) is 2.00. The Balaban J connectivity index is 1.87. The van der Waals surface area contributed by atoms with Gasteiger partial charge in [-0.05, 0) is 11.6 Å². The third-order valence-corrected chi connectivity index (χ3v) is 4.57. The Labute approximate surface area is 162 Å². The molecule has 1 N–H and O–H groups in total. The molecule has 8 nitrogen and oxygen atoms in total. The second kappa shape index (κ2) is 8.97. The third-order valence-electron chi connectivity index (χ3n) is 4.57. The molecule has 3 rings (SSSR count). The van der Waals surface area contributed by atoms with Gasteiger partial charge in [0.05, 0.1) is 29.4 Å². The number of nitrogens with one attached hydrogen (secondary N) is 1. The zero-order valence-corrected chi connectivity index (χ0v) is 15.2. The molecule has 1 aliphatic heterocycles. The molecule has 1 unspecified atom stereocenters. The van der Waals surface area contributed by atoms with Crippen LogP contribution in [0, 0.1) is 21.4 Å². The van der Waals surface area contributed by atoms with Crippen LogP contribution < -0.4 is 5.32 Å². The van der Waals surface area contributed by atoms with Crippen molar-refractivity contribution in [3.63, 3.8) is 0 Å². The first-order chi connectivity index (χ1) is 13.6. The quantitative estimate of drug-likeness (QED) is 0.609. The number of nitro benzene ring substituents is 1. The van der Waals surface area contributed by atoms with Gasteiger partial charge in [0.15, 0.2) is 0 Å². The van der Waals surface area contributed by atoms with Gasteiger partial charge in [-0.3, -0.25) is 14.9 Å². The van der Waals surface area contributed by atoms with Crippen molar-refractivity contribution in [3.05, 3.63) is 69.8 Å². The molecule has 28 heavy (non-hydrogen) atoms. The highest BCUT2D eigenvalue weighted by atomic mass is 16.6. The maximum absolute atomic E-state index is 13.1. The lowest BCUT2D eigenvalue weighted by molar-refractivity contribution is -0.384. The molecule has 1 fully saturated rings. The zero-order chi connectivity index (χ0) is 19.9. The Hall–Kier alpha value is -3.44. The molecular formula is C20H20N4O4. The van der Waals surface area contributed by atoms with Crippen molar-refractivity contribution in [1.29, 1.82) is 5.26 Å². The highest BCUT2D eigenvalue weighted by molar-refractivity contribution is 5.85. The number of rotatable bonds is 6. The average molecular weight is 380 g/mol. The third kappa shape index (κ3) is 4.64. The fourth-order valence-electron chi connectivity index (χ4n) is 3.11. The Bertz CT molecular complexity index is 889. The summed E-state index contributed by atoms with van der Waals surface area (Å²) in [5.41, 5.74) is 1.33. The molecule has 2 aromatic rings. The van der Waals surface area contributed by atoms with Crippen LogP contribution in [0.3, 0.4) is 0 Å². The molecule has 0 bridgehead atoms. The molecule has 144 valence electrons. The van der Waals surface area contributed by atoms with Gasteiger partial charge in [0.2, 0.25) is 5.91 Å². The van der Waals surface area contributed by atoms with Gasteiger partial charge in [0.25, 0.3) is 5.69 Å². The molecule has 1 atom stereocenters. The molecule has 1 aliphatic rings. The number of nitro groups is 1. The lowest BCUT2D eigenvalue weighted by atomic mass is 10.0. The molecule has 0 spiro atoms. The number of morpholine rings is 1. The summed E-state index contributed by atoms with van der Waals surface area (Å²) in [5, 5.41) is 23.5. The Morgan fingerprint density at radius 1 is 1.25 bits per heavy atom. The van der Waals surface area contributed by atoms with Gasteiger partial charge >= 0.3 is 0 Å². The van der Waals surface area contributed by atoms with Crippen molar-refractivity contribution in [2.75, 3.05) is 31.6 Å². The van der Waals surface area contributed by atoms with Gasteiger partial charge in [0.1, 0.15) is 12.1 Å². The first-order valence-corrected chi connectivity index (χ1v) is 8.94. The van der Waals surface area contributed by atoms with Crippen LogP contribution in [0.25, 0.3) is 0 Å². The van der Waals surface area contributed by atoms with Crippen LogP contribution in [0.15, 0.2) is 48.5 Å². The Morgan fingerprint density at radius 2 is 1.96 bits per heavy atom. The van der Waals surface area contributed by atoms with Crippen molar-refractivity contribution < 1.29 is 14.5 Å². The van der Waals surface area contributed by atoms with Gasteiger partial charge in [-0.15, -0.1) is 0 Å². The summed E-state index contributed by atoms with van der Waals surface area (Å²) in [7, 11) is 0. The lowest BCUT2D eigenvalue weighted by Crippen LogP contribution is -2.48. The number of benzene rings is 2. The first kappa shape index (κ1) is 19.3. The highest BCUT2D eigenvalue weighted by Crippen LogP contribution is 2.23. The van der Waals surface area contributed by atoms with Crippen LogP contribution in [0.5, 0.6) is 0 Å². The average Bonchev–Trinajstić information content (AvgIpc) is 2.74. The van der Waals surface area contributed by atoms with Gasteiger partial charge in [-0.1, -0.05) is 30.3 Å². The minimum atomic E-state index is -0.603. The number of anilines is 1. The van der Waals surface area contributed by atoms with E-state index in [0.29, 0.717) is 38.4 Å². The Kier molecular flexibility index (Phi) is 6.19. The van der Waals surface area contributed by atoms with Crippen LogP contribution in [-0.2, 0) is 16.0 Å². The summed E-state index contributed by atoms with van der Waals surface area (Å²) in [4.78, 5) is 25.2. The summed E-state index contributed by atoms with van der Waals surface area (Å²) in [6, 6.07) is 14.9. The number of non-ortho nitro benzene ring substituents is 1. The van der Waals surface area contributed by atoms with Crippen molar-refractivity contribution in [1.82, 2.24) is 4.90 Å². The molecule has 0 saturated carbocycles. The second-order valence-corrected chi connectivity index (χ2v) is 6.42. The summed E-state index contributed by atoms with van der Waals surface area (Å²) in [6.07, 6.45) is 0.429. The van der Waals surface area contributed by atoms with Crippen LogP contribution in [0.2, 0.25) is 0 Å². The minimum Gasteiger partial charge on any atom is -0.378 e. The number of hydrogen-bond acceptors (Lipinski definition) is 6. The van der Waals surface area contributed by atoms with E-state index in [4.69, 9.17) is 4.74 Å². The highest BCUT2D eigenvalue weighted by Gasteiger charge is 2.27. The molecule has 8 heteroatoms. The van der Waals surface area contributed by atoms with Gasteiger partial charge in [-0.25, -0.2) is 0 Å². The maximum Gasteiger partial charge on any atom is 0.270 e. The molecule has 0 radical (unpaired) electrons. The second-order valence-electron chi connectivity index (χ2n) is 6.42. The molecule has 0 aliphatic carbocycles. The smallest absolute Gasteiger partial charge is 0.270 e. The molecule has 2 aromatic carbocycles. The number of ether oxygens (including phenoxy) is 1. The van der Waals surface area contributed by atoms with Gasteiger partial charge < -0.3 is 15.0 Å². The summed E-state index contributed by atoms with van der Waals surface area (Å²) < 4.78 is 5.32. The molecule has 0 aromatic heterocycles. The number of nitriles is 1. The van der Waals surface area contributed by atoms with Crippen molar-refractivity contribution in [2.45, 2.75) is 12.5 Å². The number of nitrogens with zero attached hydrogens (tertiary/aromatic N) is 3. The van der Waals surface area contributed by atoms with Crippen LogP contribution in [0.4, 0.5) is 11.4 Å².